The molecule has 148 valence electrons. The maximum Gasteiger partial charge on any atom is 0.165 e. The Hall–Kier alpha value is -3.17. The van der Waals surface area contributed by atoms with Crippen LogP contribution in [-0.4, -0.2) is 34.2 Å². The van der Waals surface area contributed by atoms with E-state index in [0.29, 0.717) is 38.6 Å². The minimum atomic E-state index is -0.302. The number of halogens is 2. The highest BCUT2D eigenvalue weighted by molar-refractivity contribution is 7.13. The molecule has 7 nitrogen and oxygen atoms in total. The van der Waals surface area contributed by atoms with Crippen molar-refractivity contribution in [3.8, 4) is 39.1 Å². The molecule has 0 aliphatic rings. The van der Waals surface area contributed by atoms with Crippen LogP contribution >= 0.6 is 22.9 Å². The molecule has 0 bridgehead atoms. The lowest BCUT2D eigenvalue weighted by molar-refractivity contribution is 0.392. The quantitative estimate of drug-likeness (QED) is 0.502. The molecule has 0 saturated heterocycles. The number of nitrogens with two attached hydrogens (primary N) is 1. The molecule has 0 amide bonds. The molecule has 29 heavy (non-hydrogen) atoms. The van der Waals surface area contributed by atoms with E-state index in [4.69, 9.17) is 26.8 Å². The highest BCUT2D eigenvalue weighted by Crippen LogP contribution is 2.37. The van der Waals surface area contributed by atoms with Gasteiger partial charge in [0, 0.05) is 17.0 Å². The van der Waals surface area contributed by atoms with Crippen LogP contribution < -0.4 is 15.2 Å². The fourth-order valence-electron chi connectivity index (χ4n) is 2.76. The predicted molar refractivity (Wildman–Crippen MR) is 110 cm³/mol. The fraction of sp³-hybridized carbons (Fsp3) is 0.105. The predicted octanol–water partition coefficient (Wildman–Crippen LogP) is 4.45. The van der Waals surface area contributed by atoms with Crippen LogP contribution in [0.2, 0.25) is 5.02 Å². The van der Waals surface area contributed by atoms with E-state index >= 15 is 0 Å². The van der Waals surface area contributed by atoms with Gasteiger partial charge < -0.3 is 15.2 Å². The highest BCUT2D eigenvalue weighted by Gasteiger charge is 2.20. The Kier molecular flexibility index (Phi) is 5.08. The van der Waals surface area contributed by atoms with Gasteiger partial charge in [0.1, 0.15) is 28.0 Å². The van der Waals surface area contributed by atoms with Crippen LogP contribution in [0.25, 0.3) is 27.6 Å². The summed E-state index contributed by atoms with van der Waals surface area (Å²) in [6.45, 7) is 0. The lowest BCUT2D eigenvalue weighted by atomic mass is 10.2. The molecule has 0 radical (unpaired) electrons. The molecule has 0 aliphatic carbocycles. The van der Waals surface area contributed by atoms with Gasteiger partial charge in [0.2, 0.25) is 0 Å². The third kappa shape index (κ3) is 3.50. The SMILES string of the molecule is COc1cc(OC)c(-n2nnc(-c3nc(-c4ccc(F)cc4)cs3)c2N)cc1Cl. The molecule has 2 heterocycles. The molecule has 0 unspecified atom stereocenters. The van der Waals surface area contributed by atoms with Gasteiger partial charge in [-0.25, -0.2) is 9.37 Å². The highest BCUT2D eigenvalue weighted by atomic mass is 35.5. The Morgan fingerprint density at radius 2 is 1.83 bits per heavy atom. The number of anilines is 1. The zero-order valence-corrected chi connectivity index (χ0v) is 17.0. The summed E-state index contributed by atoms with van der Waals surface area (Å²) in [5.41, 5.74) is 8.74. The Morgan fingerprint density at radius 1 is 1.10 bits per heavy atom. The van der Waals surface area contributed by atoms with Crippen LogP contribution in [0.5, 0.6) is 11.5 Å². The summed E-state index contributed by atoms with van der Waals surface area (Å²) in [5.74, 6) is 0.920. The zero-order valence-electron chi connectivity index (χ0n) is 15.4. The van der Waals surface area contributed by atoms with Gasteiger partial charge in [-0.05, 0) is 30.3 Å². The van der Waals surface area contributed by atoms with Crippen LogP contribution in [0.4, 0.5) is 10.2 Å². The van der Waals surface area contributed by atoms with E-state index < -0.39 is 0 Å². The van der Waals surface area contributed by atoms with Gasteiger partial charge in [0.25, 0.3) is 0 Å². The number of rotatable bonds is 5. The smallest absolute Gasteiger partial charge is 0.165 e. The molecule has 10 heteroatoms. The first-order valence-electron chi connectivity index (χ1n) is 8.36. The van der Waals surface area contributed by atoms with Crippen LogP contribution in [0.1, 0.15) is 0 Å². The molecule has 0 saturated carbocycles. The van der Waals surface area contributed by atoms with Crippen molar-refractivity contribution in [2.45, 2.75) is 0 Å². The number of ether oxygens (including phenoxy) is 2. The summed E-state index contributed by atoms with van der Waals surface area (Å²) >= 11 is 7.61. The first kappa shape index (κ1) is 19.2. The van der Waals surface area contributed by atoms with Crippen molar-refractivity contribution >= 4 is 28.8 Å². The van der Waals surface area contributed by atoms with Crippen LogP contribution in [0.15, 0.2) is 41.8 Å². The Bertz CT molecular complexity index is 1180. The Labute approximate surface area is 174 Å². The molecule has 0 spiro atoms. The van der Waals surface area contributed by atoms with E-state index in [-0.39, 0.29) is 11.6 Å². The number of nitrogens with zero attached hydrogens (tertiary/aromatic N) is 4. The molecular formula is C19H15ClFN5O2S. The molecule has 0 fully saturated rings. The van der Waals surface area contributed by atoms with Gasteiger partial charge in [-0.3, -0.25) is 0 Å². The molecule has 2 aromatic heterocycles. The van der Waals surface area contributed by atoms with E-state index in [1.165, 1.54) is 42.4 Å². The monoisotopic (exact) mass is 431 g/mol. The second kappa shape index (κ2) is 7.69. The Morgan fingerprint density at radius 3 is 2.52 bits per heavy atom. The average Bonchev–Trinajstić information content (AvgIpc) is 3.35. The number of thiazole rings is 1. The van der Waals surface area contributed by atoms with Crippen molar-refractivity contribution < 1.29 is 13.9 Å². The summed E-state index contributed by atoms with van der Waals surface area (Å²) in [6.07, 6.45) is 0. The molecule has 0 atom stereocenters. The van der Waals surface area contributed by atoms with Gasteiger partial charge in [0.05, 0.1) is 24.9 Å². The van der Waals surface area contributed by atoms with Crippen molar-refractivity contribution in [1.29, 1.82) is 0 Å². The number of nitrogen functional groups attached to an aromatic ring is 1. The maximum atomic E-state index is 13.1. The molecular weight excluding hydrogens is 417 g/mol. The lowest BCUT2D eigenvalue weighted by Gasteiger charge is -2.12. The molecule has 2 aromatic carbocycles. The van der Waals surface area contributed by atoms with E-state index in [2.05, 4.69) is 15.3 Å². The van der Waals surface area contributed by atoms with Crippen LogP contribution in [-0.2, 0) is 0 Å². The summed E-state index contributed by atoms with van der Waals surface area (Å²) in [7, 11) is 3.04. The Balaban J connectivity index is 1.73. The van der Waals surface area contributed by atoms with Gasteiger partial charge in [-0.2, -0.15) is 4.68 Å². The maximum absolute atomic E-state index is 13.1. The lowest BCUT2D eigenvalue weighted by Crippen LogP contribution is -2.05. The first-order chi connectivity index (χ1) is 14.0. The van der Waals surface area contributed by atoms with Gasteiger partial charge in [0.15, 0.2) is 11.5 Å². The van der Waals surface area contributed by atoms with Crippen molar-refractivity contribution in [1.82, 2.24) is 20.0 Å². The largest absolute Gasteiger partial charge is 0.495 e. The summed E-state index contributed by atoms with van der Waals surface area (Å²) in [4.78, 5) is 4.56. The molecule has 0 aliphatic heterocycles. The van der Waals surface area contributed by atoms with Crippen LogP contribution in [0, 0.1) is 5.82 Å². The normalized spacial score (nSPS) is 10.9. The van der Waals surface area contributed by atoms with Crippen molar-refractivity contribution in [2.75, 3.05) is 20.0 Å². The molecule has 4 rings (SSSR count). The number of methoxy groups -OCH3 is 2. The average molecular weight is 432 g/mol. The van der Waals surface area contributed by atoms with Crippen LogP contribution in [0.3, 0.4) is 0 Å². The van der Waals surface area contributed by atoms with E-state index in [9.17, 15) is 4.39 Å². The third-order valence-electron chi connectivity index (χ3n) is 4.23. The molecule has 4 aromatic rings. The fourth-order valence-corrected chi connectivity index (χ4v) is 3.82. The summed E-state index contributed by atoms with van der Waals surface area (Å²) in [6, 6.07) is 9.39. The van der Waals surface area contributed by atoms with E-state index in [0.717, 1.165) is 5.56 Å². The van der Waals surface area contributed by atoms with E-state index in [1.54, 1.807) is 24.3 Å². The third-order valence-corrected chi connectivity index (χ3v) is 5.38. The van der Waals surface area contributed by atoms with Crippen molar-refractivity contribution in [3.63, 3.8) is 0 Å². The van der Waals surface area contributed by atoms with Crippen molar-refractivity contribution in [2.24, 2.45) is 0 Å². The second-order valence-corrected chi connectivity index (χ2v) is 7.20. The topological polar surface area (TPSA) is 88.1 Å². The number of benzene rings is 2. The number of aromatic nitrogens is 4. The zero-order chi connectivity index (χ0) is 20.5. The van der Waals surface area contributed by atoms with E-state index in [1.807, 2.05) is 5.38 Å². The number of hydrogen-bond donors (Lipinski definition) is 1. The first-order valence-corrected chi connectivity index (χ1v) is 9.62. The minimum absolute atomic E-state index is 0.282. The van der Waals surface area contributed by atoms with Crippen molar-refractivity contribution in [3.05, 3.63) is 52.6 Å². The summed E-state index contributed by atoms with van der Waals surface area (Å²) in [5, 5.41) is 11.1. The second-order valence-electron chi connectivity index (χ2n) is 5.94. The standard InChI is InChI=1S/C19H15ClFN5O2S/c1-27-15-8-16(28-2)14(7-12(15)20)26-18(22)17(24-25-26)19-23-13(9-29-19)10-3-5-11(21)6-4-10/h3-9H,22H2,1-2H3. The number of hydrogen-bond acceptors (Lipinski definition) is 7. The summed E-state index contributed by atoms with van der Waals surface area (Å²) < 4.78 is 25.2. The minimum Gasteiger partial charge on any atom is -0.495 e. The van der Waals surface area contributed by atoms with Gasteiger partial charge in [-0.15, -0.1) is 16.4 Å². The van der Waals surface area contributed by atoms with Gasteiger partial charge >= 0.3 is 0 Å². The molecule has 2 N–H and O–H groups in total. The van der Waals surface area contributed by atoms with Gasteiger partial charge in [-0.1, -0.05) is 16.8 Å².